The van der Waals surface area contributed by atoms with E-state index in [2.05, 4.69) is 25.9 Å². The normalized spacial score (nSPS) is 20.9. The van der Waals surface area contributed by atoms with Gasteiger partial charge in [0.1, 0.15) is 29.7 Å². The van der Waals surface area contributed by atoms with E-state index in [1.165, 1.54) is 19.2 Å². The Morgan fingerprint density at radius 1 is 0.896 bits per heavy atom. The summed E-state index contributed by atoms with van der Waals surface area (Å²) < 4.78 is 22.7. The fourth-order valence-corrected chi connectivity index (χ4v) is 6.87. The number of piperazine rings is 1. The maximum atomic E-state index is 15.8. The molecule has 4 amide bonds. The van der Waals surface area contributed by atoms with Crippen molar-refractivity contribution in [2.24, 2.45) is 17.8 Å². The molecule has 1 aliphatic heterocycles. The molecule has 4 aliphatic rings. The van der Waals surface area contributed by atoms with Gasteiger partial charge in [-0.2, -0.15) is 5.10 Å². The number of nitrogens with one attached hydrogen (secondary N) is 3. The van der Waals surface area contributed by atoms with Crippen molar-refractivity contribution in [2.45, 2.75) is 82.5 Å². The van der Waals surface area contributed by atoms with Crippen molar-refractivity contribution >= 4 is 29.3 Å². The molecule has 12 nitrogen and oxygen atoms in total. The minimum atomic E-state index is -0.945. The average Bonchev–Trinajstić information content (AvgIpc) is 3.95. The van der Waals surface area contributed by atoms with Crippen molar-refractivity contribution in [3.05, 3.63) is 47.5 Å². The summed E-state index contributed by atoms with van der Waals surface area (Å²) in [7, 11) is 3.41. The van der Waals surface area contributed by atoms with Crippen molar-refractivity contribution in [3.63, 3.8) is 0 Å². The fraction of sp³-hybridized carbons (Fsp3) is 0.629. The highest BCUT2D eigenvalue weighted by molar-refractivity contribution is 6.01. The van der Waals surface area contributed by atoms with Crippen LogP contribution < -0.4 is 16.0 Å². The van der Waals surface area contributed by atoms with Crippen LogP contribution >= 0.6 is 0 Å². The monoisotopic (exact) mass is 665 g/mol. The van der Waals surface area contributed by atoms with Crippen molar-refractivity contribution in [1.29, 1.82) is 0 Å². The number of rotatable bonds is 14. The third-order valence-electron chi connectivity index (χ3n) is 10.5. The standard InChI is InChI=1S/C35H48FN7O5/c1-20(30(39-32(44)21(2)48-4)35(47)42-17-15-41(3)16-18-42)24-9-12-27(26(36)19-24)38-34(46)31(29(22-5-6-22)23-7-8-23)40-33(45)28-13-14-37-43(28)25-10-11-25/h9,12-14,19-23,25,29-31H,5-8,10-11,15-18H2,1-4H3,(H,38,46)(H,39,44)(H,40,45)/t20-,21-,30+,31-/m0/s1. The Morgan fingerprint density at radius 2 is 1.56 bits per heavy atom. The first kappa shape index (κ1) is 34.0. The van der Waals surface area contributed by atoms with E-state index in [9.17, 15) is 19.2 Å². The number of nitrogens with zero attached hydrogens (tertiary/aromatic N) is 4. The smallest absolute Gasteiger partial charge is 0.270 e. The second-order valence-corrected chi connectivity index (χ2v) is 14.1. The quantitative estimate of drug-likeness (QED) is 0.282. The van der Waals surface area contributed by atoms with Crippen molar-refractivity contribution in [2.75, 3.05) is 45.7 Å². The summed E-state index contributed by atoms with van der Waals surface area (Å²) >= 11 is 0. The zero-order valence-electron chi connectivity index (χ0n) is 28.3. The summed E-state index contributed by atoms with van der Waals surface area (Å²) in [6, 6.07) is 4.57. The fourth-order valence-electron chi connectivity index (χ4n) is 6.87. The Bertz CT molecular complexity index is 1500. The van der Waals surface area contributed by atoms with Gasteiger partial charge in [-0.3, -0.25) is 23.9 Å². The lowest BCUT2D eigenvalue weighted by molar-refractivity contribution is -0.140. The van der Waals surface area contributed by atoms with Gasteiger partial charge in [-0.1, -0.05) is 13.0 Å². The van der Waals surface area contributed by atoms with Crippen LogP contribution in [0.25, 0.3) is 0 Å². The number of methoxy groups -OCH3 is 1. The van der Waals surface area contributed by atoms with Gasteiger partial charge in [0.25, 0.3) is 5.91 Å². The summed E-state index contributed by atoms with van der Waals surface area (Å²) in [5.41, 5.74) is 0.913. The Morgan fingerprint density at radius 3 is 2.15 bits per heavy atom. The van der Waals surface area contributed by atoms with Gasteiger partial charge in [-0.05, 0) is 94.0 Å². The first-order valence-electron chi connectivity index (χ1n) is 17.3. The van der Waals surface area contributed by atoms with Crippen LogP contribution in [0.4, 0.5) is 10.1 Å². The molecule has 0 spiro atoms. The molecule has 1 aromatic heterocycles. The molecule has 1 saturated heterocycles. The first-order chi connectivity index (χ1) is 23.0. The van der Waals surface area contributed by atoms with Crippen molar-refractivity contribution < 1.29 is 28.3 Å². The van der Waals surface area contributed by atoms with Crippen molar-refractivity contribution in [1.82, 2.24) is 30.2 Å². The predicted octanol–water partition coefficient (Wildman–Crippen LogP) is 2.93. The van der Waals surface area contributed by atoms with E-state index >= 15 is 4.39 Å². The van der Waals surface area contributed by atoms with Gasteiger partial charge >= 0.3 is 0 Å². The third kappa shape index (κ3) is 7.72. The van der Waals surface area contributed by atoms with Crippen LogP contribution in [-0.4, -0.2) is 102 Å². The molecule has 4 atom stereocenters. The highest BCUT2D eigenvalue weighted by atomic mass is 19.1. The zero-order valence-corrected chi connectivity index (χ0v) is 28.3. The first-order valence-corrected chi connectivity index (χ1v) is 17.3. The Balaban J connectivity index is 1.19. The predicted molar refractivity (Wildman–Crippen MR) is 177 cm³/mol. The maximum absolute atomic E-state index is 15.8. The third-order valence-corrected chi connectivity index (χ3v) is 10.5. The summed E-state index contributed by atoms with van der Waals surface area (Å²) in [6.45, 7) is 5.85. The van der Waals surface area contributed by atoms with Gasteiger partial charge in [0.05, 0.1) is 11.7 Å². The van der Waals surface area contributed by atoms with E-state index in [-0.39, 0.29) is 29.5 Å². The average molecular weight is 666 g/mol. The molecule has 3 N–H and O–H groups in total. The van der Waals surface area contributed by atoms with Crippen LogP contribution in [0.5, 0.6) is 0 Å². The second-order valence-electron chi connectivity index (χ2n) is 14.1. The van der Waals surface area contributed by atoms with E-state index in [1.54, 1.807) is 41.8 Å². The topological polar surface area (TPSA) is 138 Å². The molecule has 2 heterocycles. The molecule has 6 rings (SSSR count). The molecule has 1 aromatic carbocycles. The number of carbonyl (C=O) groups excluding carboxylic acids is 4. The Hall–Kier alpha value is -3.84. The number of carbonyl (C=O) groups is 4. The van der Waals surface area contributed by atoms with E-state index in [0.29, 0.717) is 49.3 Å². The lowest BCUT2D eigenvalue weighted by Crippen LogP contribution is -2.56. The van der Waals surface area contributed by atoms with Gasteiger partial charge in [-0.25, -0.2) is 4.39 Å². The molecule has 3 aliphatic carbocycles. The number of hydrogen-bond acceptors (Lipinski definition) is 7. The van der Waals surface area contributed by atoms with Gasteiger partial charge in [0, 0.05) is 45.4 Å². The summed E-state index contributed by atoms with van der Waals surface area (Å²) in [4.78, 5) is 57.8. The molecular formula is C35H48FN7O5. The largest absolute Gasteiger partial charge is 0.372 e. The van der Waals surface area contributed by atoms with Gasteiger partial charge < -0.3 is 30.5 Å². The molecular weight excluding hydrogens is 617 g/mol. The highest BCUT2D eigenvalue weighted by Crippen LogP contribution is 2.51. The van der Waals surface area contributed by atoms with Crippen LogP contribution in [0, 0.1) is 23.6 Å². The van der Waals surface area contributed by atoms with Gasteiger partial charge in [0.2, 0.25) is 17.7 Å². The van der Waals surface area contributed by atoms with E-state index in [4.69, 9.17) is 4.74 Å². The number of ether oxygens (including phenoxy) is 1. The van der Waals surface area contributed by atoms with Crippen molar-refractivity contribution in [3.8, 4) is 0 Å². The minimum Gasteiger partial charge on any atom is -0.372 e. The summed E-state index contributed by atoms with van der Waals surface area (Å²) in [5, 5.41) is 12.9. The number of amides is 4. The lowest BCUT2D eigenvalue weighted by Gasteiger charge is -2.36. The minimum absolute atomic E-state index is 0.0115. The highest BCUT2D eigenvalue weighted by Gasteiger charge is 2.48. The number of anilines is 1. The molecule has 0 bridgehead atoms. The van der Waals surface area contributed by atoms with Crippen LogP contribution in [0.15, 0.2) is 30.5 Å². The second kappa shape index (κ2) is 14.3. The van der Waals surface area contributed by atoms with Crippen LogP contribution in [0.2, 0.25) is 0 Å². The van der Waals surface area contributed by atoms with E-state index < -0.39 is 41.7 Å². The summed E-state index contributed by atoms with van der Waals surface area (Å²) in [6.07, 6.45) is 6.81. The Labute approximate surface area is 281 Å². The number of benzene rings is 1. The number of halogens is 1. The zero-order chi connectivity index (χ0) is 34.1. The molecule has 260 valence electrons. The maximum Gasteiger partial charge on any atom is 0.270 e. The van der Waals surface area contributed by atoms with Crippen LogP contribution in [0.3, 0.4) is 0 Å². The van der Waals surface area contributed by atoms with Gasteiger partial charge in [-0.15, -0.1) is 0 Å². The number of hydrogen-bond donors (Lipinski definition) is 3. The molecule has 48 heavy (non-hydrogen) atoms. The summed E-state index contributed by atoms with van der Waals surface area (Å²) in [5.74, 6) is -2.05. The molecule has 4 fully saturated rings. The molecule has 13 heteroatoms. The number of aromatic nitrogens is 2. The SMILES string of the molecule is CO[C@@H](C)C(=O)N[C@@H](C(=O)N1CCN(C)CC1)[C@@H](C)c1ccc(NC(=O)[C@@H](NC(=O)c2ccnn2C2CC2)C(C2CC2)C2CC2)c(F)c1. The van der Waals surface area contributed by atoms with Crippen LogP contribution in [0.1, 0.15) is 80.4 Å². The van der Waals surface area contributed by atoms with E-state index in [1.807, 2.05) is 7.05 Å². The molecule has 3 saturated carbocycles. The Kier molecular flexibility index (Phi) is 10.2. The molecule has 0 unspecified atom stereocenters. The number of likely N-dealkylation sites (N-methyl/N-ethyl adjacent to an activating group) is 1. The molecule has 0 radical (unpaired) electrons. The van der Waals surface area contributed by atoms with Gasteiger partial charge in [0.15, 0.2) is 0 Å². The molecule has 2 aromatic rings. The lowest BCUT2D eigenvalue weighted by atomic mass is 9.88. The van der Waals surface area contributed by atoms with Crippen LogP contribution in [-0.2, 0) is 19.1 Å². The van der Waals surface area contributed by atoms with E-state index in [0.717, 1.165) is 38.5 Å².